The number of nitrogens with zero attached hydrogens (tertiary/aromatic N) is 2. The molecule has 0 bridgehead atoms. The van der Waals surface area contributed by atoms with Crippen LogP contribution in [0, 0.1) is 0 Å². The SMILES string of the molecule is C=O.CN=C(C)C.CO.ClC1=CC=C(C2=CC(c3ccc(Cl)cc3)=NCC2)C=CC1. The molecule has 6 heteroatoms. The van der Waals surface area contributed by atoms with Gasteiger partial charge in [-0.1, -0.05) is 53.6 Å². The van der Waals surface area contributed by atoms with Crippen LogP contribution in [0.15, 0.2) is 80.8 Å². The number of allylic oxidation sites excluding steroid dienone is 7. The van der Waals surface area contributed by atoms with E-state index in [0.29, 0.717) is 0 Å². The highest BCUT2D eigenvalue weighted by Gasteiger charge is 2.11. The first-order chi connectivity index (χ1) is 14.5. The average Bonchev–Trinajstić information content (AvgIpc) is 3.02. The third-order valence-electron chi connectivity index (χ3n) is 3.99. The largest absolute Gasteiger partial charge is 0.400 e. The lowest BCUT2D eigenvalue weighted by molar-refractivity contribution is -0.0979. The minimum atomic E-state index is 0.744. The van der Waals surface area contributed by atoms with Gasteiger partial charge in [-0.2, -0.15) is 0 Å². The number of benzene rings is 1. The first-order valence-electron chi connectivity index (χ1n) is 9.37. The standard InChI is InChI=1S/C18H15Cl2N.C4H9N.CH4O.CH2O/c19-16-3-1-2-13(4-7-16)15-10-11-21-18(12-15)14-5-8-17(20)9-6-14;1-4(2)5-3;2*1-2/h1-2,4-9,12H,3,10-11H2;1-3H3;2H,1H3;1H2. The van der Waals surface area contributed by atoms with Crippen LogP contribution < -0.4 is 0 Å². The average molecular weight is 449 g/mol. The number of dihydropyridines is 1. The van der Waals surface area contributed by atoms with Gasteiger partial charge in [0.2, 0.25) is 0 Å². The Labute approximate surface area is 190 Å². The number of hydrogen-bond donors (Lipinski definition) is 1. The van der Waals surface area contributed by atoms with Gasteiger partial charge in [0.1, 0.15) is 6.79 Å². The fourth-order valence-corrected chi connectivity index (χ4v) is 2.70. The Balaban J connectivity index is 0.000000808. The lowest BCUT2D eigenvalue weighted by Gasteiger charge is -2.14. The lowest BCUT2D eigenvalue weighted by Crippen LogP contribution is -2.07. The molecule has 30 heavy (non-hydrogen) atoms. The van der Waals surface area contributed by atoms with Gasteiger partial charge in [-0.15, -0.1) is 0 Å². The van der Waals surface area contributed by atoms with Crippen molar-refractivity contribution in [3.05, 3.63) is 81.4 Å². The van der Waals surface area contributed by atoms with E-state index in [1.165, 1.54) is 11.1 Å². The van der Waals surface area contributed by atoms with Gasteiger partial charge >= 0.3 is 0 Å². The predicted octanol–water partition coefficient (Wildman–Crippen LogP) is 5.99. The molecule has 162 valence electrons. The summed E-state index contributed by atoms with van der Waals surface area (Å²) in [7, 11) is 2.79. The van der Waals surface area contributed by atoms with Crippen molar-refractivity contribution < 1.29 is 9.90 Å². The highest BCUT2D eigenvalue weighted by atomic mass is 35.5. The van der Waals surface area contributed by atoms with Crippen molar-refractivity contribution in [3.63, 3.8) is 0 Å². The van der Waals surface area contributed by atoms with Crippen LogP contribution in [0.4, 0.5) is 0 Å². The summed E-state index contributed by atoms with van der Waals surface area (Å²) in [5.74, 6) is 0. The second-order valence-corrected chi connectivity index (χ2v) is 7.13. The van der Waals surface area contributed by atoms with Gasteiger partial charge in [0.05, 0.1) is 5.71 Å². The van der Waals surface area contributed by atoms with Gasteiger partial charge in [0.25, 0.3) is 0 Å². The highest BCUT2D eigenvalue weighted by molar-refractivity contribution is 6.30. The van der Waals surface area contributed by atoms with E-state index in [0.717, 1.165) is 53.5 Å². The number of aliphatic imine (C=N–C) groups is 2. The van der Waals surface area contributed by atoms with Crippen LogP contribution in [0.5, 0.6) is 0 Å². The molecule has 0 unspecified atom stereocenters. The first-order valence-corrected chi connectivity index (χ1v) is 10.1. The molecular weight excluding hydrogens is 419 g/mol. The van der Waals surface area contributed by atoms with E-state index in [-0.39, 0.29) is 0 Å². The van der Waals surface area contributed by atoms with Crippen molar-refractivity contribution in [2.75, 3.05) is 20.7 Å². The summed E-state index contributed by atoms with van der Waals surface area (Å²) in [6, 6.07) is 7.81. The van der Waals surface area contributed by atoms with E-state index in [1.807, 2.05) is 51.0 Å². The molecule has 0 aromatic heterocycles. The molecule has 1 aliphatic heterocycles. The second kappa shape index (κ2) is 16.5. The summed E-state index contributed by atoms with van der Waals surface area (Å²) in [5.41, 5.74) is 5.76. The number of carbonyl (C=O) groups is 1. The Morgan fingerprint density at radius 3 is 2.27 bits per heavy atom. The van der Waals surface area contributed by atoms with E-state index in [4.69, 9.17) is 33.1 Å². The molecular formula is C24H30Cl2N2O2. The number of rotatable bonds is 2. The third kappa shape index (κ3) is 10.5. The second-order valence-electron chi connectivity index (χ2n) is 6.21. The topological polar surface area (TPSA) is 62.0 Å². The zero-order valence-electron chi connectivity index (χ0n) is 18.0. The van der Waals surface area contributed by atoms with Crippen LogP contribution in [0.1, 0.15) is 32.3 Å². The summed E-state index contributed by atoms with van der Waals surface area (Å²) >= 11 is 12.0. The fourth-order valence-electron chi connectivity index (χ4n) is 2.42. The summed E-state index contributed by atoms with van der Waals surface area (Å²) in [4.78, 5) is 16.4. The monoisotopic (exact) mass is 448 g/mol. The van der Waals surface area contributed by atoms with Crippen molar-refractivity contribution in [2.24, 2.45) is 9.98 Å². The molecule has 2 aliphatic rings. The molecule has 0 spiro atoms. The molecule has 4 nitrogen and oxygen atoms in total. The van der Waals surface area contributed by atoms with Crippen LogP contribution in [0.25, 0.3) is 0 Å². The van der Waals surface area contributed by atoms with Crippen molar-refractivity contribution in [1.29, 1.82) is 0 Å². The van der Waals surface area contributed by atoms with Crippen LogP contribution in [-0.4, -0.2) is 44.0 Å². The van der Waals surface area contributed by atoms with Gasteiger partial charge in [0.15, 0.2) is 0 Å². The fraction of sp³-hybridized carbons (Fsp3) is 0.292. The molecule has 3 rings (SSSR count). The lowest BCUT2D eigenvalue weighted by atomic mass is 9.96. The van der Waals surface area contributed by atoms with Crippen molar-refractivity contribution >= 4 is 41.4 Å². The van der Waals surface area contributed by atoms with Gasteiger partial charge in [-0.05, 0) is 61.3 Å². The zero-order valence-corrected chi connectivity index (χ0v) is 19.5. The predicted molar refractivity (Wildman–Crippen MR) is 131 cm³/mol. The number of aliphatic hydroxyl groups is 1. The van der Waals surface area contributed by atoms with E-state index in [1.54, 1.807) is 7.05 Å². The quantitative estimate of drug-likeness (QED) is 0.564. The highest BCUT2D eigenvalue weighted by Crippen LogP contribution is 2.25. The van der Waals surface area contributed by atoms with Gasteiger partial charge in [0, 0.05) is 42.9 Å². The van der Waals surface area contributed by atoms with Crippen LogP contribution >= 0.6 is 23.2 Å². The molecule has 0 saturated heterocycles. The molecule has 1 heterocycles. The maximum atomic E-state index is 8.00. The Bertz CT molecular complexity index is 829. The number of carbonyl (C=O) groups excluding carboxylic acids is 1. The van der Waals surface area contributed by atoms with Gasteiger partial charge < -0.3 is 9.90 Å². The maximum absolute atomic E-state index is 8.00. The van der Waals surface area contributed by atoms with Crippen molar-refractivity contribution in [1.82, 2.24) is 0 Å². The Kier molecular flexibility index (Phi) is 15.3. The first kappa shape index (κ1) is 27.7. The minimum absolute atomic E-state index is 0.744. The number of hydrogen-bond acceptors (Lipinski definition) is 4. The van der Waals surface area contributed by atoms with E-state index < -0.39 is 0 Å². The van der Waals surface area contributed by atoms with Gasteiger partial charge in [-0.3, -0.25) is 9.98 Å². The van der Waals surface area contributed by atoms with Crippen molar-refractivity contribution in [3.8, 4) is 0 Å². The number of aliphatic hydroxyl groups excluding tert-OH is 1. The molecule has 0 atom stereocenters. The molecule has 1 aromatic rings. The smallest absolute Gasteiger partial charge is 0.106 e. The van der Waals surface area contributed by atoms with Crippen LogP contribution in [-0.2, 0) is 4.79 Å². The Morgan fingerprint density at radius 2 is 1.70 bits per heavy atom. The molecule has 1 N–H and O–H groups in total. The third-order valence-corrected chi connectivity index (χ3v) is 4.52. The molecule has 1 aliphatic carbocycles. The Hall–Kier alpha value is -2.27. The minimum Gasteiger partial charge on any atom is -0.400 e. The van der Waals surface area contributed by atoms with E-state index >= 15 is 0 Å². The molecule has 0 amide bonds. The van der Waals surface area contributed by atoms with Crippen LogP contribution in [0.2, 0.25) is 5.02 Å². The maximum Gasteiger partial charge on any atom is 0.106 e. The molecule has 0 fully saturated rings. The van der Waals surface area contributed by atoms with E-state index in [2.05, 4.69) is 34.3 Å². The summed E-state index contributed by atoms with van der Waals surface area (Å²) in [5, 5.41) is 8.61. The van der Waals surface area contributed by atoms with Crippen LogP contribution in [0.3, 0.4) is 0 Å². The Morgan fingerprint density at radius 1 is 1.10 bits per heavy atom. The molecule has 0 saturated carbocycles. The summed E-state index contributed by atoms with van der Waals surface area (Å²) in [6.07, 6.45) is 12.2. The number of halogens is 2. The molecule has 0 radical (unpaired) electrons. The van der Waals surface area contributed by atoms with E-state index in [9.17, 15) is 0 Å². The normalized spacial score (nSPS) is 14.4. The summed E-state index contributed by atoms with van der Waals surface area (Å²) in [6.45, 7) is 6.76. The van der Waals surface area contributed by atoms with Gasteiger partial charge in [-0.25, -0.2) is 0 Å². The molecule has 1 aromatic carbocycles. The summed E-state index contributed by atoms with van der Waals surface area (Å²) < 4.78 is 0. The zero-order chi connectivity index (χ0) is 22.9. The van der Waals surface area contributed by atoms with Crippen molar-refractivity contribution in [2.45, 2.75) is 26.7 Å².